The van der Waals surface area contributed by atoms with Gasteiger partial charge in [0.05, 0.1) is 42.5 Å². The molecule has 18 nitrogen and oxygen atoms in total. The van der Waals surface area contributed by atoms with Gasteiger partial charge >= 0.3 is 18.0 Å². The van der Waals surface area contributed by atoms with E-state index in [1.54, 1.807) is 39.5 Å². The number of Topliss-reactive ketones (excluding diaryl/α,β-unsaturated/α-hetero) is 1. The van der Waals surface area contributed by atoms with Gasteiger partial charge in [-0.15, -0.1) is 0 Å². The molecule has 0 aromatic carbocycles. The third-order valence-electron chi connectivity index (χ3n) is 13.4. The molecule has 2 N–H and O–H groups in total. The van der Waals surface area contributed by atoms with Crippen LogP contribution in [0.15, 0.2) is 42.2 Å². The molecule has 0 saturated carbocycles. The van der Waals surface area contributed by atoms with Gasteiger partial charge in [0, 0.05) is 54.6 Å². The van der Waals surface area contributed by atoms with Crippen LogP contribution in [0, 0.1) is 29.1 Å². The van der Waals surface area contributed by atoms with Crippen LogP contribution in [0.2, 0.25) is 0 Å². The standard InChI is InChI=1S/C45H69N7O11/c1-14-34-45(9)38(52(43(57)63-45)48-19-17-26(3)51-23-32(47-24-51)31-16-15-18-46-22-31)28(5)35(49-59-13)25(2)21-44(8,42(56)58-12)39(29(6)36(53)30(7)40(55)61-34)62-41-37(54)33(50(10)11)20-27(4)60-41/h15-16,18,22-30,33-34,37-39,41,48,54H,14,17,19-21H2,1-13H3/b49-35+/t25-,26-,27+,28-,29+,30-,33-,34+,37+,38-,39+,41-,44+,45-/m1/s1. The summed E-state index contributed by atoms with van der Waals surface area (Å²) in [6.07, 6.45) is 2.84. The van der Waals surface area contributed by atoms with Crippen molar-refractivity contribution >= 4 is 29.5 Å². The zero-order chi connectivity index (χ0) is 46.6. The van der Waals surface area contributed by atoms with Gasteiger partial charge in [0.1, 0.15) is 31.3 Å². The predicted molar refractivity (Wildman–Crippen MR) is 232 cm³/mol. The summed E-state index contributed by atoms with van der Waals surface area (Å²) in [7, 11) is 6.36. The highest BCUT2D eigenvalue weighted by Gasteiger charge is 2.61. The number of ketones is 1. The van der Waals surface area contributed by atoms with Gasteiger partial charge in [0.15, 0.2) is 17.7 Å². The molecule has 3 aliphatic heterocycles. The van der Waals surface area contributed by atoms with Crippen LogP contribution in [0.5, 0.6) is 0 Å². The summed E-state index contributed by atoms with van der Waals surface area (Å²) in [4.78, 5) is 73.2. The molecule has 0 radical (unpaired) electrons. The second-order valence-electron chi connectivity index (χ2n) is 18.2. The van der Waals surface area contributed by atoms with Crippen molar-refractivity contribution in [1.82, 2.24) is 29.9 Å². The van der Waals surface area contributed by atoms with E-state index in [9.17, 15) is 24.3 Å². The molecule has 63 heavy (non-hydrogen) atoms. The number of pyridine rings is 1. The van der Waals surface area contributed by atoms with Gasteiger partial charge in [0.25, 0.3) is 0 Å². The zero-order valence-electron chi connectivity index (χ0n) is 39.1. The first-order valence-electron chi connectivity index (χ1n) is 22.0. The number of esters is 2. The number of aliphatic hydroxyl groups is 1. The molecule has 2 aromatic rings. The molecular formula is C45H69N7O11. The normalized spacial score (nSPS) is 35.7. The Bertz CT molecular complexity index is 1930. The number of carbonyl (C=O) groups is 4. The number of rotatable bonds is 12. The minimum Gasteiger partial charge on any atom is -0.469 e. The van der Waals surface area contributed by atoms with Gasteiger partial charge < -0.3 is 43.1 Å². The highest BCUT2D eigenvalue weighted by Crippen LogP contribution is 2.45. The lowest BCUT2D eigenvalue weighted by molar-refractivity contribution is -0.285. The van der Waals surface area contributed by atoms with E-state index in [4.69, 9.17) is 28.5 Å². The molecule has 350 valence electrons. The van der Waals surface area contributed by atoms with E-state index in [0.29, 0.717) is 25.1 Å². The first kappa shape index (κ1) is 49.5. The fourth-order valence-electron chi connectivity index (χ4n) is 9.90. The predicted octanol–water partition coefficient (Wildman–Crippen LogP) is 4.81. The number of imidazole rings is 1. The number of nitrogens with zero attached hydrogens (tertiary/aromatic N) is 6. The lowest BCUT2D eigenvalue weighted by Crippen LogP contribution is -2.61. The van der Waals surface area contributed by atoms with E-state index in [-0.39, 0.29) is 31.0 Å². The van der Waals surface area contributed by atoms with Crippen molar-refractivity contribution in [2.75, 3.05) is 34.9 Å². The maximum absolute atomic E-state index is 14.6. The van der Waals surface area contributed by atoms with Crippen molar-refractivity contribution < 1.29 is 52.8 Å². The molecule has 0 bridgehead atoms. The Morgan fingerprint density at radius 1 is 1.13 bits per heavy atom. The maximum Gasteiger partial charge on any atom is 0.425 e. The van der Waals surface area contributed by atoms with E-state index in [0.717, 1.165) is 11.3 Å². The number of methoxy groups -OCH3 is 1. The number of fused-ring (bicyclic) bond motifs is 1. The number of oxime groups is 1. The van der Waals surface area contributed by atoms with Crippen LogP contribution in [-0.2, 0) is 42.9 Å². The third kappa shape index (κ3) is 10.2. The number of cyclic esters (lactones) is 1. The monoisotopic (exact) mass is 884 g/mol. The number of aromatic nitrogens is 3. The topological polar surface area (TPSA) is 205 Å². The largest absolute Gasteiger partial charge is 0.469 e. The van der Waals surface area contributed by atoms with E-state index in [1.807, 2.05) is 76.5 Å². The molecule has 0 spiro atoms. The molecule has 3 saturated heterocycles. The minimum absolute atomic E-state index is 0.00905. The molecule has 5 heterocycles. The van der Waals surface area contributed by atoms with Crippen molar-refractivity contribution in [3.05, 3.63) is 37.1 Å². The number of carbonyl (C=O) groups excluding carboxylic acids is 4. The maximum atomic E-state index is 14.6. The lowest BCUT2D eigenvalue weighted by Gasteiger charge is -2.46. The summed E-state index contributed by atoms with van der Waals surface area (Å²) in [6.45, 7) is 16.2. The highest BCUT2D eigenvalue weighted by molar-refractivity contribution is 6.00. The fourth-order valence-corrected chi connectivity index (χ4v) is 9.90. The van der Waals surface area contributed by atoms with E-state index in [2.05, 4.69) is 20.5 Å². The van der Waals surface area contributed by atoms with Crippen LogP contribution in [0.4, 0.5) is 4.79 Å². The average Bonchev–Trinajstić information content (AvgIpc) is 3.85. The molecule has 0 unspecified atom stereocenters. The van der Waals surface area contributed by atoms with Gasteiger partial charge in [0.2, 0.25) is 0 Å². The van der Waals surface area contributed by atoms with Crippen molar-refractivity contribution in [3.63, 3.8) is 0 Å². The van der Waals surface area contributed by atoms with Crippen LogP contribution in [0.3, 0.4) is 0 Å². The summed E-state index contributed by atoms with van der Waals surface area (Å²) >= 11 is 0. The Labute approximate surface area is 371 Å². The van der Waals surface area contributed by atoms with Crippen LogP contribution < -0.4 is 5.43 Å². The van der Waals surface area contributed by atoms with E-state index in [1.165, 1.54) is 26.2 Å². The summed E-state index contributed by atoms with van der Waals surface area (Å²) < 4.78 is 32.7. The summed E-state index contributed by atoms with van der Waals surface area (Å²) in [6, 6.07) is 2.57. The zero-order valence-corrected chi connectivity index (χ0v) is 39.1. The Kier molecular flexibility index (Phi) is 16.2. The molecule has 3 aliphatic rings. The second-order valence-corrected chi connectivity index (χ2v) is 18.2. The van der Waals surface area contributed by atoms with Gasteiger partial charge in [-0.25, -0.2) is 20.2 Å². The third-order valence-corrected chi connectivity index (χ3v) is 13.4. The number of ether oxygens (including phenoxy) is 5. The van der Waals surface area contributed by atoms with Crippen LogP contribution >= 0.6 is 0 Å². The Hall–Kier alpha value is -4.49. The van der Waals surface area contributed by atoms with Crippen molar-refractivity contribution in [2.24, 2.45) is 34.2 Å². The molecule has 0 aliphatic carbocycles. The smallest absolute Gasteiger partial charge is 0.425 e. The number of hydrogen-bond donors (Lipinski definition) is 2. The number of hydrogen-bond acceptors (Lipinski definition) is 16. The summed E-state index contributed by atoms with van der Waals surface area (Å²) in [5, 5.41) is 17.6. The number of aliphatic hydroxyl groups excluding tert-OH is 1. The number of likely N-dealkylation sites (N-methyl/N-ethyl adjacent to an activating group) is 1. The van der Waals surface area contributed by atoms with Crippen molar-refractivity contribution in [3.8, 4) is 11.3 Å². The molecule has 3 fully saturated rings. The minimum atomic E-state index is -1.60. The Morgan fingerprint density at radius 3 is 2.46 bits per heavy atom. The number of amides is 1. The highest BCUT2D eigenvalue weighted by atomic mass is 16.7. The number of hydrazine groups is 1. The Morgan fingerprint density at radius 2 is 1.84 bits per heavy atom. The molecule has 18 heteroatoms. The van der Waals surface area contributed by atoms with Crippen molar-refractivity contribution in [2.45, 2.75) is 142 Å². The Balaban J connectivity index is 1.54. The SMILES string of the molecule is CC[C@@H]1OC(=O)[C@H](C)C(=O)[C@H](C)[C@H](O[C@H]2O[C@@H](C)C[C@@H](N(C)C)[C@@H]2O)[C@@](C)(C(=O)OC)C[C@@H](C)/C(=N\OC)[C@@H](C)[C@H]2N(NCC[C@@H](C)n3cnc(-c4cccnc4)c3)C(=O)O[C@]12C. The van der Waals surface area contributed by atoms with Gasteiger partial charge in [-0.1, -0.05) is 32.9 Å². The fraction of sp³-hybridized carbons (Fsp3) is 0.711. The van der Waals surface area contributed by atoms with Gasteiger partial charge in [-0.2, -0.15) is 0 Å². The molecule has 1 amide bonds. The number of nitrogens with one attached hydrogen (secondary N) is 1. The first-order valence-corrected chi connectivity index (χ1v) is 22.0. The molecular weight excluding hydrogens is 815 g/mol. The summed E-state index contributed by atoms with van der Waals surface area (Å²) in [5.74, 6) is -5.75. The average molecular weight is 884 g/mol. The van der Waals surface area contributed by atoms with E-state index >= 15 is 0 Å². The van der Waals surface area contributed by atoms with Crippen molar-refractivity contribution in [1.29, 1.82) is 0 Å². The van der Waals surface area contributed by atoms with Crippen LogP contribution in [0.1, 0.15) is 94.0 Å². The molecule has 2 aromatic heterocycles. The van der Waals surface area contributed by atoms with Gasteiger partial charge in [-0.05, 0) is 92.4 Å². The lowest BCUT2D eigenvalue weighted by atomic mass is 9.68. The van der Waals surface area contributed by atoms with Crippen LogP contribution in [0.25, 0.3) is 11.3 Å². The summed E-state index contributed by atoms with van der Waals surface area (Å²) in [5.41, 5.74) is 2.40. The molecule has 5 rings (SSSR count). The van der Waals surface area contributed by atoms with Gasteiger partial charge in [-0.3, -0.25) is 19.4 Å². The quantitative estimate of drug-likeness (QED) is 0.127. The first-order chi connectivity index (χ1) is 29.7. The second kappa shape index (κ2) is 20.6. The van der Waals surface area contributed by atoms with Crippen LogP contribution in [-0.4, -0.2) is 142 Å². The van der Waals surface area contributed by atoms with E-state index < -0.39 is 89.1 Å². The molecule has 14 atom stereocenters.